The zero-order valence-electron chi connectivity index (χ0n) is 11.6. The number of nitrogens with one attached hydrogen (secondary N) is 1. The van der Waals surface area contributed by atoms with E-state index in [2.05, 4.69) is 20.3 Å². The molecule has 2 N–H and O–H groups in total. The van der Waals surface area contributed by atoms with Gasteiger partial charge in [-0.05, 0) is 26.8 Å². The van der Waals surface area contributed by atoms with Gasteiger partial charge in [0.15, 0.2) is 0 Å². The fraction of sp³-hybridized carbons (Fsp3) is 0.286. The molecule has 0 saturated heterocycles. The number of carbonyl (C=O) groups is 1. The van der Waals surface area contributed by atoms with E-state index in [1.165, 1.54) is 0 Å². The maximum absolute atomic E-state index is 11.3. The summed E-state index contributed by atoms with van der Waals surface area (Å²) in [5.41, 5.74) is 3.59. The van der Waals surface area contributed by atoms with Gasteiger partial charge in [0.2, 0.25) is 0 Å². The Balaban J connectivity index is 2.24. The number of anilines is 1. The molecule has 0 aliphatic rings. The van der Waals surface area contributed by atoms with Gasteiger partial charge in [0.05, 0.1) is 35.5 Å². The average molecular weight is 272 g/mol. The maximum atomic E-state index is 11.3. The molecular weight excluding hydrogens is 256 g/mol. The molecule has 20 heavy (non-hydrogen) atoms. The molecular formula is C14H16N4O2. The minimum absolute atomic E-state index is 0.190. The van der Waals surface area contributed by atoms with Crippen molar-refractivity contribution in [1.82, 2.24) is 15.0 Å². The van der Waals surface area contributed by atoms with E-state index in [9.17, 15) is 9.90 Å². The summed E-state index contributed by atoms with van der Waals surface area (Å²) in [6.07, 6.45) is 3.35. The highest BCUT2D eigenvalue weighted by molar-refractivity contribution is 5.95. The molecule has 0 saturated carbocycles. The molecule has 6 heteroatoms. The highest BCUT2D eigenvalue weighted by Gasteiger charge is 2.15. The van der Waals surface area contributed by atoms with Crippen molar-refractivity contribution >= 4 is 11.7 Å². The molecule has 2 aromatic rings. The van der Waals surface area contributed by atoms with Crippen LogP contribution in [0, 0.1) is 20.8 Å². The summed E-state index contributed by atoms with van der Waals surface area (Å²) in [6.45, 7) is 5.79. The van der Waals surface area contributed by atoms with Crippen LogP contribution in [0.2, 0.25) is 0 Å². The topological polar surface area (TPSA) is 88.0 Å². The molecule has 0 aromatic carbocycles. The van der Waals surface area contributed by atoms with Crippen LogP contribution in [0.25, 0.3) is 0 Å². The van der Waals surface area contributed by atoms with Crippen LogP contribution in [-0.2, 0) is 6.54 Å². The normalized spacial score (nSPS) is 10.3. The van der Waals surface area contributed by atoms with Crippen molar-refractivity contribution < 1.29 is 9.90 Å². The maximum Gasteiger partial charge on any atom is 0.339 e. The molecule has 0 fully saturated rings. The first-order valence-corrected chi connectivity index (χ1v) is 6.20. The van der Waals surface area contributed by atoms with E-state index in [1.807, 2.05) is 13.8 Å². The summed E-state index contributed by atoms with van der Waals surface area (Å²) in [6, 6.07) is 1.72. The van der Waals surface area contributed by atoms with Crippen molar-refractivity contribution in [1.29, 1.82) is 0 Å². The minimum Gasteiger partial charge on any atom is -0.478 e. The SMILES string of the molecule is Cc1cnc(CNc2cc(C)nc(C)c2C(=O)O)cn1. The molecule has 0 aliphatic carbocycles. The monoisotopic (exact) mass is 272 g/mol. The van der Waals surface area contributed by atoms with Gasteiger partial charge < -0.3 is 10.4 Å². The van der Waals surface area contributed by atoms with Gasteiger partial charge in [-0.15, -0.1) is 0 Å². The molecule has 2 rings (SSSR count). The van der Waals surface area contributed by atoms with Crippen LogP contribution in [0.15, 0.2) is 18.5 Å². The van der Waals surface area contributed by atoms with Crippen molar-refractivity contribution in [2.24, 2.45) is 0 Å². The zero-order chi connectivity index (χ0) is 14.7. The second kappa shape index (κ2) is 5.64. The standard InChI is InChI=1S/C14H16N4O2/c1-8-4-12(13(14(19)20)10(3)18-8)17-7-11-6-15-9(2)5-16-11/h4-6H,7H2,1-3H3,(H,17,18)(H,19,20). The number of nitrogens with zero attached hydrogens (tertiary/aromatic N) is 3. The number of hydrogen-bond donors (Lipinski definition) is 2. The number of carboxylic acid groups (broad SMARTS) is 1. The summed E-state index contributed by atoms with van der Waals surface area (Å²) in [4.78, 5) is 23.9. The summed E-state index contributed by atoms with van der Waals surface area (Å²) < 4.78 is 0. The third kappa shape index (κ3) is 3.09. The van der Waals surface area contributed by atoms with E-state index in [4.69, 9.17) is 0 Å². The van der Waals surface area contributed by atoms with Crippen molar-refractivity contribution in [2.45, 2.75) is 27.3 Å². The lowest BCUT2D eigenvalue weighted by Gasteiger charge is -2.12. The van der Waals surface area contributed by atoms with Gasteiger partial charge in [0.25, 0.3) is 0 Å². The Morgan fingerprint density at radius 2 is 1.95 bits per heavy atom. The van der Waals surface area contributed by atoms with E-state index in [-0.39, 0.29) is 5.56 Å². The number of aryl methyl sites for hydroxylation is 3. The lowest BCUT2D eigenvalue weighted by molar-refractivity contribution is 0.0696. The molecule has 0 atom stereocenters. The van der Waals surface area contributed by atoms with Crippen molar-refractivity contribution in [3.63, 3.8) is 0 Å². The van der Waals surface area contributed by atoms with E-state index in [0.717, 1.165) is 17.1 Å². The summed E-state index contributed by atoms with van der Waals surface area (Å²) >= 11 is 0. The van der Waals surface area contributed by atoms with E-state index in [1.54, 1.807) is 25.4 Å². The second-order valence-electron chi connectivity index (χ2n) is 4.58. The summed E-state index contributed by atoms with van der Waals surface area (Å²) in [7, 11) is 0. The molecule has 0 aliphatic heterocycles. The lowest BCUT2D eigenvalue weighted by atomic mass is 10.1. The van der Waals surface area contributed by atoms with Crippen LogP contribution in [0.5, 0.6) is 0 Å². The number of pyridine rings is 1. The van der Waals surface area contributed by atoms with E-state index in [0.29, 0.717) is 17.9 Å². The van der Waals surface area contributed by atoms with Crippen molar-refractivity contribution in [3.8, 4) is 0 Å². The fourth-order valence-corrected chi connectivity index (χ4v) is 1.93. The van der Waals surface area contributed by atoms with Crippen LogP contribution < -0.4 is 5.32 Å². The van der Waals surface area contributed by atoms with Gasteiger partial charge in [-0.1, -0.05) is 0 Å². The van der Waals surface area contributed by atoms with E-state index < -0.39 is 5.97 Å². The fourth-order valence-electron chi connectivity index (χ4n) is 1.93. The molecule has 0 bridgehead atoms. The Morgan fingerprint density at radius 3 is 2.55 bits per heavy atom. The summed E-state index contributed by atoms with van der Waals surface area (Å²) in [5.74, 6) is -0.993. The Hall–Kier alpha value is -2.50. The molecule has 0 unspecified atom stereocenters. The first-order valence-electron chi connectivity index (χ1n) is 6.20. The van der Waals surface area contributed by atoms with Gasteiger partial charge >= 0.3 is 5.97 Å². The molecule has 2 heterocycles. The van der Waals surface area contributed by atoms with Crippen LogP contribution in [-0.4, -0.2) is 26.0 Å². The third-order valence-electron chi connectivity index (χ3n) is 2.84. The van der Waals surface area contributed by atoms with E-state index >= 15 is 0 Å². The lowest BCUT2D eigenvalue weighted by Crippen LogP contribution is -2.11. The quantitative estimate of drug-likeness (QED) is 0.886. The molecule has 0 radical (unpaired) electrons. The van der Waals surface area contributed by atoms with Gasteiger partial charge in [-0.3, -0.25) is 15.0 Å². The summed E-state index contributed by atoms with van der Waals surface area (Å²) in [5, 5.41) is 12.4. The van der Waals surface area contributed by atoms with Crippen molar-refractivity contribution in [3.05, 3.63) is 46.8 Å². The number of rotatable bonds is 4. The number of hydrogen-bond acceptors (Lipinski definition) is 5. The van der Waals surface area contributed by atoms with Gasteiger partial charge in [-0.25, -0.2) is 4.79 Å². The first kappa shape index (κ1) is 13.9. The highest BCUT2D eigenvalue weighted by atomic mass is 16.4. The van der Waals surface area contributed by atoms with Crippen LogP contribution in [0.3, 0.4) is 0 Å². The number of aromatic nitrogens is 3. The molecule has 0 amide bonds. The predicted molar refractivity (Wildman–Crippen MR) is 74.8 cm³/mol. The Bertz CT molecular complexity index is 638. The smallest absolute Gasteiger partial charge is 0.339 e. The largest absolute Gasteiger partial charge is 0.478 e. The van der Waals surface area contributed by atoms with Crippen LogP contribution in [0.4, 0.5) is 5.69 Å². The van der Waals surface area contributed by atoms with Gasteiger partial charge in [0.1, 0.15) is 5.56 Å². The molecule has 104 valence electrons. The average Bonchev–Trinajstić information content (AvgIpc) is 2.36. The number of carboxylic acids is 1. The Kier molecular flexibility index (Phi) is 3.93. The Labute approximate surface area is 116 Å². The van der Waals surface area contributed by atoms with Crippen LogP contribution >= 0.6 is 0 Å². The molecule has 0 spiro atoms. The highest BCUT2D eigenvalue weighted by Crippen LogP contribution is 2.20. The minimum atomic E-state index is -0.993. The van der Waals surface area contributed by atoms with Gasteiger partial charge in [0, 0.05) is 11.9 Å². The number of aromatic carboxylic acids is 1. The van der Waals surface area contributed by atoms with Gasteiger partial charge in [-0.2, -0.15) is 0 Å². The second-order valence-corrected chi connectivity index (χ2v) is 4.58. The Morgan fingerprint density at radius 1 is 1.20 bits per heavy atom. The molecule has 2 aromatic heterocycles. The first-order chi connectivity index (χ1) is 9.47. The molecule has 6 nitrogen and oxygen atoms in total. The predicted octanol–water partition coefficient (Wildman–Crippen LogP) is 2.11. The van der Waals surface area contributed by atoms with Crippen molar-refractivity contribution in [2.75, 3.05) is 5.32 Å². The van der Waals surface area contributed by atoms with Crippen LogP contribution in [0.1, 0.15) is 33.1 Å². The third-order valence-corrected chi connectivity index (χ3v) is 2.84. The zero-order valence-corrected chi connectivity index (χ0v) is 11.6.